The van der Waals surface area contributed by atoms with Crippen LogP contribution in [0.1, 0.15) is 25.5 Å². The molecule has 34 heavy (non-hydrogen) atoms. The molecular formula is C24H23N5O4S. The van der Waals surface area contributed by atoms with Crippen LogP contribution in [0.25, 0.3) is 22.4 Å². The third-order valence-electron chi connectivity index (χ3n) is 5.71. The SMILES string of the molecule is CCS(=O)(=O)c1cccc(Oc2cc3cc(-c4ccccn4)[nH]c3nc2CN2CCCC2=O)n1. The van der Waals surface area contributed by atoms with E-state index < -0.39 is 9.84 Å². The molecule has 1 aliphatic heterocycles. The van der Waals surface area contributed by atoms with Gasteiger partial charge in [0.2, 0.25) is 11.8 Å². The second-order valence-electron chi connectivity index (χ2n) is 8.01. The van der Waals surface area contributed by atoms with Gasteiger partial charge in [0.15, 0.2) is 20.6 Å². The molecule has 4 aromatic heterocycles. The van der Waals surface area contributed by atoms with Crippen molar-refractivity contribution >= 4 is 26.8 Å². The fraction of sp³-hybridized carbons (Fsp3) is 0.250. The van der Waals surface area contributed by atoms with Gasteiger partial charge in [0, 0.05) is 30.6 Å². The summed E-state index contributed by atoms with van der Waals surface area (Å²) in [5.41, 5.74) is 2.78. The lowest BCUT2D eigenvalue weighted by atomic mass is 10.2. The first-order chi connectivity index (χ1) is 16.4. The highest BCUT2D eigenvalue weighted by Gasteiger charge is 2.24. The zero-order chi connectivity index (χ0) is 23.7. The summed E-state index contributed by atoms with van der Waals surface area (Å²) < 4.78 is 30.6. The molecule has 1 aliphatic rings. The standard InChI is InChI=1S/C24H23N5O4S/c1-2-34(31,32)22-9-5-8-21(28-22)33-20-14-16-13-18(17-7-3-4-11-25-17)26-24(16)27-19(20)15-29-12-6-10-23(29)30/h3-5,7-9,11,13-14H,2,6,10,12,15H2,1H3,(H,26,27). The van der Waals surface area contributed by atoms with Crippen molar-refractivity contribution < 1.29 is 17.9 Å². The number of nitrogens with zero attached hydrogens (tertiary/aromatic N) is 4. The number of nitrogens with one attached hydrogen (secondary N) is 1. The number of aromatic amines is 1. The second kappa shape index (κ2) is 8.86. The fourth-order valence-corrected chi connectivity index (χ4v) is 4.69. The van der Waals surface area contributed by atoms with Gasteiger partial charge >= 0.3 is 0 Å². The first kappa shape index (κ1) is 22.0. The van der Waals surface area contributed by atoms with Gasteiger partial charge in [-0.15, -0.1) is 0 Å². The number of likely N-dealkylation sites (tertiary alicyclic amines) is 1. The van der Waals surface area contributed by atoms with Crippen LogP contribution < -0.4 is 4.74 Å². The fourth-order valence-electron chi connectivity index (χ4n) is 3.88. The predicted molar refractivity (Wildman–Crippen MR) is 126 cm³/mol. The molecule has 5 heterocycles. The van der Waals surface area contributed by atoms with Crippen molar-refractivity contribution in [1.29, 1.82) is 0 Å². The van der Waals surface area contributed by atoms with E-state index in [0.717, 1.165) is 23.2 Å². The quantitative estimate of drug-likeness (QED) is 0.431. The van der Waals surface area contributed by atoms with Crippen molar-refractivity contribution in [3.05, 3.63) is 60.4 Å². The second-order valence-corrected chi connectivity index (χ2v) is 10.2. The van der Waals surface area contributed by atoms with E-state index in [1.807, 2.05) is 30.3 Å². The van der Waals surface area contributed by atoms with Crippen molar-refractivity contribution in [1.82, 2.24) is 24.8 Å². The van der Waals surface area contributed by atoms with Crippen LogP contribution in [-0.2, 0) is 21.2 Å². The van der Waals surface area contributed by atoms with Gasteiger partial charge in [-0.1, -0.05) is 19.1 Å². The normalized spacial score (nSPS) is 14.1. The lowest BCUT2D eigenvalue weighted by molar-refractivity contribution is -0.128. The number of rotatable bonds is 7. The minimum absolute atomic E-state index is 0.0445. The van der Waals surface area contributed by atoms with Crippen LogP contribution in [0.4, 0.5) is 0 Å². The van der Waals surface area contributed by atoms with Crippen LogP contribution in [0.2, 0.25) is 0 Å². The van der Waals surface area contributed by atoms with Crippen molar-refractivity contribution in [2.75, 3.05) is 12.3 Å². The number of fused-ring (bicyclic) bond motifs is 1. The molecule has 0 spiro atoms. The van der Waals surface area contributed by atoms with E-state index in [1.165, 1.54) is 6.07 Å². The number of H-pyrrole nitrogens is 1. The number of sulfone groups is 1. The molecule has 0 saturated carbocycles. The number of hydrogen-bond donors (Lipinski definition) is 1. The summed E-state index contributed by atoms with van der Waals surface area (Å²) in [6.07, 6.45) is 3.04. The Labute approximate surface area is 196 Å². The van der Waals surface area contributed by atoms with Gasteiger partial charge in [0.05, 0.1) is 23.7 Å². The summed E-state index contributed by atoms with van der Waals surface area (Å²) >= 11 is 0. The summed E-state index contributed by atoms with van der Waals surface area (Å²) in [7, 11) is -3.48. The molecule has 1 fully saturated rings. The molecule has 10 heteroatoms. The van der Waals surface area contributed by atoms with E-state index in [1.54, 1.807) is 30.2 Å². The number of aromatic nitrogens is 4. The van der Waals surface area contributed by atoms with Gasteiger partial charge in [-0.05, 0) is 36.8 Å². The van der Waals surface area contributed by atoms with Gasteiger partial charge in [0.25, 0.3) is 0 Å². The number of pyridine rings is 3. The summed E-state index contributed by atoms with van der Waals surface area (Å²) in [5, 5.41) is 0.751. The van der Waals surface area contributed by atoms with Crippen LogP contribution in [-0.4, -0.2) is 51.5 Å². The van der Waals surface area contributed by atoms with Crippen LogP contribution >= 0.6 is 0 Å². The lowest BCUT2D eigenvalue weighted by Crippen LogP contribution is -2.24. The van der Waals surface area contributed by atoms with E-state index in [9.17, 15) is 13.2 Å². The Morgan fingerprint density at radius 1 is 1.12 bits per heavy atom. The smallest absolute Gasteiger partial charge is 0.222 e. The van der Waals surface area contributed by atoms with Crippen LogP contribution in [0.15, 0.2) is 59.8 Å². The minimum atomic E-state index is -3.48. The Balaban J connectivity index is 1.56. The monoisotopic (exact) mass is 477 g/mol. The molecule has 9 nitrogen and oxygen atoms in total. The van der Waals surface area contributed by atoms with E-state index >= 15 is 0 Å². The third kappa shape index (κ3) is 4.36. The maximum Gasteiger partial charge on any atom is 0.222 e. The minimum Gasteiger partial charge on any atom is -0.437 e. The summed E-state index contributed by atoms with van der Waals surface area (Å²) in [6.45, 7) is 2.51. The summed E-state index contributed by atoms with van der Waals surface area (Å²) in [5.74, 6) is 0.573. The Bertz CT molecular complexity index is 1470. The number of carbonyl (C=O) groups excluding carboxylic acids is 1. The van der Waals surface area contributed by atoms with Crippen molar-refractivity contribution in [2.24, 2.45) is 0 Å². The molecule has 174 valence electrons. The lowest BCUT2D eigenvalue weighted by Gasteiger charge is -2.17. The number of carbonyl (C=O) groups is 1. The van der Waals surface area contributed by atoms with Crippen LogP contribution in [0, 0.1) is 0 Å². The molecule has 0 radical (unpaired) electrons. The Hall–Kier alpha value is -3.79. The molecule has 0 bridgehead atoms. The number of amides is 1. The number of ether oxygens (including phenoxy) is 1. The maximum atomic E-state index is 12.3. The first-order valence-electron chi connectivity index (χ1n) is 11.0. The molecular weight excluding hydrogens is 454 g/mol. The Kier molecular flexibility index (Phi) is 5.74. The zero-order valence-corrected chi connectivity index (χ0v) is 19.4. The molecule has 4 aromatic rings. The van der Waals surface area contributed by atoms with Gasteiger partial charge in [-0.2, -0.15) is 0 Å². The predicted octanol–water partition coefficient (Wildman–Crippen LogP) is 3.73. The molecule has 5 rings (SSSR count). The highest BCUT2D eigenvalue weighted by Crippen LogP contribution is 2.31. The highest BCUT2D eigenvalue weighted by atomic mass is 32.2. The average Bonchev–Trinajstić information content (AvgIpc) is 3.45. The Morgan fingerprint density at radius 3 is 2.74 bits per heavy atom. The van der Waals surface area contributed by atoms with E-state index in [2.05, 4.69) is 15.0 Å². The van der Waals surface area contributed by atoms with E-state index in [4.69, 9.17) is 9.72 Å². The van der Waals surface area contributed by atoms with E-state index in [0.29, 0.717) is 30.1 Å². The van der Waals surface area contributed by atoms with Crippen molar-refractivity contribution in [2.45, 2.75) is 31.3 Å². The van der Waals surface area contributed by atoms with Gasteiger partial charge < -0.3 is 14.6 Å². The maximum absolute atomic E-state index is 12.3. The molecule has 0 aromatic carbocycles. The van der Waals surface area contributed by atoms with Crippen molar-refractivity contribution in [3.8, 4) is 23.0 Å². The van der Waals surface area contributed by atoms with Gasteiger partial charge in [0.1, 0.15) is 11.3 Å². The van der Waals surface area contributed by atoms with Crippen LogP contribution in [0.5, 0.6) is 11.6 Å². The summed E-state index contributed by atoms with van der Waals surface area (Å²) in [4.78, 5) is 30.6. The van der Waals surface area contributed by atoms with E-state index in [-0.39, 0.29) is 29.1 Å². The number of hydrogen-bond acceptors (Lipinski definition) is 7. The molecule has 1 N–H and O–H groups in total. The molecule has 0 atom stereocenters. The third-order valence-corrected chi connectivity index (χ3v) is 7.33. The molecule has 0 unspecified atom stereocenters. The topological polar surface area (TPSA) is 118 Å². The Morgan fingerprint density at radius 2 is 2.00 bits per heavy atom. The molecule has 0 aliphatic carbocycles. The zero-order valence-electron chi connectivity index (χ0n) is 18.6. The van der Waals surface area contributed by atoms with Gasteiger partial charge in [-0.3, -0.25) is 9.78 Å². The molecule has 1 amide bonds. The summed E-state index contributed by atoms with van der Waals surface area (Å²) in [6, 6.07) is 14.0. The van der Waals surface area contributed by atoms with Gasteiger partial charge in [-0.25, -0.2) is 18.4 Å². The highest BCUT2D eigenvalue weighted by molar-refractivity contribution is 7.91. The average molecular weight is 478 g/mol. The largest absolute Gasteiger partial charge is 0.437 e. The van der Waals surface area contributed by atoms with Crippen LogP contribution in [0.3, 0.4) is 0 Å². The van der Waals surface area contributed by atoms with Crippen molar-refractivity contribution in [3.63, 3.8) is 0 Å². The molecule has 1 saturated heterocycles. The first-order valence-corrected chi connectivity index (χ1v) is 12.7.